The van der Waals surface area contributed by atoms with Crippen LogP contribution in [0.3, 0.4) is 0 Å². The molecule has 1 N–H and O–H groups in total. The molecule has 0 spiro atoms. The highest BCUT2D eigenvalue weighted by atomic mass is 32.2. The quantitative estimate of drug-likeness (QED) is 0.601. The number of ketones is 1. The Morgan fingerprint density at radius 3 is 2.52 bits per heavy atom. The van der Waals surface area contributed by atoms with Crippen LogP contribution in [0.1, 0.15) is 56.2 Å². The zero-order chi connectivity index (χ0) is 19.4. The Balaban J connectivity index is 1.65. The fraction of sp³-hybridized carbons (Fsp3) is 0.500. The Labute approximate surface area is 164 Å². The zero-order valence-electron chi connectivity index (χ0n) is 16.1. The Kier molecular flexibility index (Phi) is 6.31. The van der Waals surface area contributed by atoms with Gasteiger partial charge in [-0.05, 0) is 44.0 Å². The van der Waals surface area contributed by atoms with Gasteiger partial charge in [-0.1, -0.05) is 32.0 Å². The molecule has 0 bridgehead atoms. The highest BCUT2D eigenvalue weighted by Gasteiger charge is 2.22. The van der Waals surface area contributed by atoms with Crippen molar-refractivity contribution in [1.29, 1.82) is 0 Å². The van der Waals surface area contributed by atoms with E-state index in [0.717, 1.165) is 36.8 Å². The van der Waals surface area contributed by atoms with Crippen molar-refractivity contribution in [3.05, 3.63) is 35.7 Å². The molecule has 3 rings (SSSR count). The minimum absolute atomic E-state index is 0.0366. The molecule has 1 amide bonds. The van der Waals surface area contributed by atoms with Gasteiger partial charge in [-0.2, -0.15) is 0 Å². The van der Waals surface area contributed by atoms with Crippen LogP contribution in [-0.4, -0.2) is 31.7 Å². The van der Waals surface area contributed by atoms with Crippen LogP contribution in [0.25, 0.3) is 0 Å². The Morgan fingerprint density at radius 2 is 1.81 bits per heavy atom. The number of hydrogen-bond acceptors (Lipinski definition) is 5. The van der Waals surface area contributed by atoms with Crippen molar-refractivity contribution in [2.75, 3.05) is 5.32 Å². The molecule has 7 heteroatoms. The predicted octanol–water partition coefficient (Wildman–Crippen LogP) is 3.96. The van der Waals surface area contributed by atoms with Gasteiger partial charge >= 0.3 is 0 Å². The van der Waals surface area contributed by atoms with Gasteiger partial charge in [0.05, 0.1) is 5.25 Å². The lowest BCUT2D eigenvalue weighted by atomic mass is 10.1. The summed E-state index contributed by atoms with van der Waals surface area (Å²) >= 11 is 1.47. The first-order valence-electron chi connectivity index (χ1n) is 9.49. The van der Waals surface area contributed by atoms with E-state index in [-0.39, 0.29) is 22.9 Å². The van der Waals surface area contributed by atoms with E-state index in [1.807, 2.05) is 20.8 Å². The number of carbonyl (C=O) groups is 2. The van der Waals surface area contributed by atoms with Gasteiger partial charge in [0.2, 0.25) is 5.91 Å². The smallest absolute Gasteiger partial charge is 0.226 e. The average Bonchev–Trinajstić information content (AvgIpc) is 2.88. The van der Waals surface area contributed by atoms with Crippen molar-refractivity contribution in [2.45, 2.75) is 63.4 Å². The Morgan fingerprint density at radius 1 is 1.07 bits per heavy atom. The fourth-order valence-electron chi connectivity index (χ4n) is 3.00. The standard InChI is InChI=1S/C20H26N4O2S/c1-13(2)19(26)21-16-10-8-15(9-11-16)18(25)14(3)27-20-23-22-17-7-5-4-6-12-24(17)20/h8-11,13-14H,4-7,12H2,1-3H3,(H,21,26). The molecule has 2 aromatic rings. The number of carbonyl (C=O) groups excluding carboxylic acids is 2. The summed E-state index contributed by atoms with van der Waals surface area (Å²) in [6.07, 6.45) is 4.45. The molecule has 144 valence electrons. The molecule has 1 atom stereocenters. The largest absolute Gasteiger partial charge is 0.326 e. The van der Waals surface area contributed by atoms with Gasteiger partial charge in [-0.25, -0.2) is 0 Å². The van der Waals surface area contributed by atoms with E-state index in [2.05, 4.69) is 20.1 Å². The summed E-state index contributed by atoms with van der Waals surface area (Å²) in [5.41, 5.74) is 1.33. The maximum atomic E-state index is 12.8. The van der Waals surface area contributed by atoms with Gasteiger partial charge in [0, 0.05) is 30.1 Å². The Bertz CT molecular complexity index is 814. The summed E-state index contributed by atoms with van der Waals surface area (Å²) < 4.78 is 2.16. The SMILES string of the molecule is CC(C)C(=O)Nc1ccc(C(=O)C(C)Sc2nnc3n2CCCCC3)cc1. The molecular formula is C20H26N4O2S. The number of benzene rings is 1. The Hall–Kier alpha value is -2.15. The number of anilines is 1. The van der Waals surface area contributed by atoms with Crippen LogP contribution in [0.15, 0.2) is 29.4 Å². The summed E-state index contributed by atoms with van der Waals surface area (Å²) in [5.74, 6) is 0.958. The topological polar surface area (TPSA) is 76.9 Å². The number of aryl methyl sites for hydroxylation is 1. The lowest BCUT2D eigenvalue weighted by Crippen LogP contribution is -2.18. The van der Waals surface area contributed by atoms with Crippen molar-refractivity contribution < 1.29 is 9.59 Å². The van der Waals surface area contributed by atoms with E-state index >= 15 is 0 Å². The van der Waals surface area contributed by atoms with Gasteiger partial charge in [0.1, 0.15) is 5.82 Å². The molecule has 1 aromatic carbocycles. The van der Waals surface area contributed by atoms with E-state index < -0.39 is 0 Å². The molecule has 1 unspecified atom stereocenters. The van der Waals surface area contributed by atoms with Crippen LogP contribution in [0.5, 0.6) is 0 Å². The predicted molar refractivity (Wildman–Crippen MR) is 107 cm³/mol. The van der Waals surface area contributed by atoms with Gasteiger partial charge in [0.15, 0.2) is 10.9 Å². The van der Waals surface area contributed by atoms with E-state index in [1.165, 1.54) is 18.2 Å². The first kappa shape index (κ1) is 19.6. The van der Waals surface area contributed by atoms with Crippen molar-refractivity contribution in [3.8, 4) is 0 Å². The summed E-state index contributed by atoms with van der Waals surface area (Å²) in [7, 11) is 0. The monoisotopic (exact) mass is 386 g/mol. The minimum atomic E-state index is -0.252. The van der Waals surface area contributed by atoms with Crippen molar-refractivity contribution in [2.24, 2.45) is 5.92 Å². The third kappa shape index (κ3) is 4.77. The van der Waals surface area contributed by atoms with Crippen molar-refractivity contribution >= 4 is 29.1 Å². The third-order valence-electron chi connectivity index (χ3n) is 4.69. The van der Waals surface area contributed by atoms with Crippen LogP contribution in [0.4, 0.5) is 5.69 Å². The number of aromatic nitrogens is 3. The molecule has 6 nitrogen and oxygen atoms in total. The maximum Gasteiger partial charge on any atom is 0.226 e. The number of Topliss-reactive ketones (excluding diaryl/α,β-unsaturated/α-hetero) is 1. The number of fused-ring (bicyclic) bond motifs is 1. The molecule has 1 aromatic heterocycles. The highest BCUT2D eigenvalue weighted by molar-refractivity contribution is 8.00. The molecular weight excluding hydrogens is 360 g/mol. The molecule has 0 fully saturated rings. The van der Waals surface area contributed by atoms with Gasteiger partial charge in [-0.15, -0.1) is 10.2 Å². The van der Waals surface area contributed by atoms with E-state index in [0.29, 0.717) is 11.3 Å². The minimum Gasteiger partial charge on any atom is -0.326 e. The number of rotatable bonds is 6. The van der Waals surface area contributed by atoms with Crippen molar-refractivity contribution in [1.82, 2.24) is 14.8 Å². The first-order valence-corrected chi connectivity index (χ1v) is 10.4. The second-order valence-electron chi connectivity index (χ2n) is 7.21. The summed E-state index contributed by atoms with van der Waals surface area (Å²) in [6.45, 7) is 6.52. The van der Waals surface area contributed by atoms with Gasteiger partial charge in [0.25, 0.3) is 0 Å². The normalized spacial score (nSPS) is 15.1. The molecule has 0 saturated carbocycles. The third-order valence-corrected chi connectivity index (χ3v) is 5.77. The van der Waals surface area contributed by atoms with E-state index in [9.17, 15) is 9.59 Å². The number of thioether (sulfide) groups is 1. The summed E-state index contributed by atoms with van der Waals surface area (Å²) in [6, 6.07) is 7.07. The van der Waals surface area contributed by atoms with Crippen LogP contribution < -0.4 is 5.32 Å². The van der Waals surface area contributed by atoms with E-state index in [1.54, 1.807) is 24.3 Å². The number of nitrogens with zero attached hydrogens (tertiary/aromatic N) is 3. The van der Waals surface area contributed by atoms with Crippen LogP contribution in [0, 0.1) is 5.92 Å². The molecule has 27 heavy (non-hydrogen) atoms. The van der Waals surface area contributed by atoms with Crippen LogP contribution in [0.2, 0.25) is 0 Å². The summed E-state index contributed by atoms with van der Waals surface area (Å²) in [5, 5.41) is 12.0. The molecule has 0 saturated heterocycles. The second kappa shape index (κ2) is 8.69. The van der Waals surface area contributed by atoms with Gasteiger partial charge < -0.3 is 9.88 Å². The molecule has 0 radical (unpaired) electrons. The average molecular weight is 387 g/mol. The lowest BCUT2D eigenvalue weighted by Gasteiger charge is -2.12. The second-order valence-corrected chi connectivity index (χ2v) is 8.51. The number of amides is 1. The van der Waals surface area contributed by atoms with Crippen LogP contribution in [-0.2, 0) is 17.8 Å². The number of hydrogen-bond donors (Lipinski definition) is 1. The van der Waals surface area contributed by atoms with Gasteiger partial charge in [-0.3, -0.25) is 9.59 Å². The molecule has 1 aliphatic rings. The van der Waals surface area contributed by atoms with Crippen LogP contribution >= 0.6 is 11.8 Å². The lowest BCUT2D eigenvalue weighted by molar-refractivity contribution is -0.118. The summed E-state index contributed by atoms with van der Waals surface area (Å²) in [4.78, 5) is 24.5. The number of nitrogens with one attached hydrogen (secondary N) is 1. The van der Waals surface area contributed by atoms with E-state index in [4.69, 9.17) is 0 Å². The molecule has 2 heterocycles. The van der Waals surface area contributed by atoms with Crippen molar-refractivity contribution in [3.63, 3.8) is 0 Å². The molecule has 0 aliphatic carbocycles. The zero-order valence-corrected chi connectivity index (χ0v) is 16.9. The highest BCUT2D eigenvalue weighted by Crippen LogP contribution is 2.27. The fourth-order valence-corrected chi connectivity index (χ4v) is 3.97. The maximum absolute atomic E-state index is 12.8. The first-order chi connectivity index (χ1) is 13.0. The molecule has 1 aliphatic heterocycles.